The number of nitrogens with zero attached hydrogens (tertiary/aromatic N) is 2. The molecule has 0 saturated heterocycles. The van der Waals surface area contributed by atoms with Gasteiger partial charge in [-0.25, -0.2) is 4.79 Å². The minimum absolute atomic E-state index is 0.280. The number of amides is 1. The lowest BCUT2D eigenvalue weighted by molar-refractivity contribution is 0.0399. The Morgan fingerprint density at radius 2 is 1.81 bits per heavy atom. The van der Waals surface area contributed by atoms with Gasteiger partial charge >= 0.3 is 5.97 Å². The predicted molar refractivity (Wildman–Crippen MR) is 75.6 cm³/mol. The number of aromatic nitrogens is 2. The van der Waals surface area contributed by atoms with E-state index >= 15 is 0 Å². The Morgan fingerprint density at radius 3 is 2.52 bits per heavy atom. The van der Waals surface area contributed by atoms with Crippen molar-refractivity contribution >= 4 is 22.8 Å². The molecule has 3 rings (SSSR count). The van der Waals surface area contributed by atoms with Gasteiger partial charge in [0.25, 0.3) is 5.91 Å². The Morgan fingerprint density at radius 1 is 1.05 bits per heavy atom. The second-order valence-electron chi connectivity index (χ2n) is 4.38. The van der Waals surface area contributed by atoms with Crippen molar-refractivity contribution in [1.82, 2.24) is 9.94 Å². The van der Waals surface area contributed by atoms with Gasteiger partial charge in [-0.3, -0.25) is 4.79 Å². The highest BCUT2D eigenvalue weighted by Gasteiger charge is 2.13. The Bertz CT molecular complexity index is 825. The van der Waals surface area contributed by atoms with E-state index < -0.39 is 11.9 Å². The summed E-state index contributed by atoms with van der Waals surface area (Å²) in [7, 11) is 0. The van der Waals surface area contributed by atoms with E-state index in [0.717, 1.165) is 4.85 Å². The van der Waals surface area contributed by atoms with Crippen LogP contribution in [-0.4, -0.2) is 21.8 Å². The van der Waals surface area contributed by atoms with Crippen LogP contribution in [0.3, 0.4) is 0 Å². The molecule has 6 heteroatoms. The molecule has 2 aromatic carbocycles. The smallest absolute Gasteiger partial charge is 0.365 e. The maximum Gasteiger partial charge on any atom is 0.365 e. The highest BCUT2D eigenvalue weighted by atomic mass is 16.7. The number of benzene rings is 2. The molecule has 3 aromatic rings. The molecule has 1 amide bonds. The zero-order valence-electron chi connectivity index (χ0n) is 10.9. The van der Waals surface area contributed by atoms with Crippen LogP contribution in [0, 0.1) is 0 Å². The largest absolute Gasteiger partial charge is 0.366 e. The Kier molecular flexibility index (Phi) is 3.12. The van der Waals surface area contributed by atoms with E-state index in [9.17, 15) is 9.59 Å². The molecule has 6 nitrogen and oxygen atoms in total. The van der Waals surface area contributed by atoms with E-state index in [1.807, 2.05) is 0 Å². The van der Waals surface area contributed by atoms with Crippen LogP contribution in [0.4, 0.5) is 0 Å². The Balaban J connectivity index is 1.94. The van der Waals surface area contributed by atoms with Crippen molar-refractivity contribution in [3.05, 3.63) is 65.9 Å². The number of hydrogen-bond donors (Lipinski definition) is 1. The summed E-state index contributed by atoms with van der Waals surface area (Å²) in [6, 6.07) is 13.6. The van der Waals surface area contributed by atoms with E-state index in [1.54, 1.807) is 48.5 Å². The lowest BCUT2D eigenvalue weighted by Gasteiger charge is -2.01. The van der Waals surface area contributed by atoms with Crippen LogP contribution in [0.25, 0.3) is 10.9 Å². The second-order valence-corrected chi connectivity index (χ2v) is 4.38. The highest BCUT2D eigenvalue weighted by Crippen LogP contribution is 2.16. The molecule has 21 heavy (non-hydrogen) atoms. The number of fused-ring (bicyclic) bond motifs is 1. The lowest BCUT2D eigenvalue weighted by Crippen LogP contribution is -2.20. The second kappa shape index (κ2) is 5.09. The van der Waals surface area contributed by atoms with Gasteiger partial charge in [0.2, 0.25) is 0 Å². The van der Waals surface area contributed by atoms with Gasteiger partial charge in [0.05, 0.1) is 17.3 Å². The molecular formula is C15H11N3O3. The summed E-state index contributed by atoms with van der Waals surface area (Å²) in [5, 5.41) is 4.73. The maximum absolute atomic E-state index is 11.9. The van der Waals surface area contributed by atoms with Crippen LogP contribution in [0.2, 0.25) is 0 Å². The number of primary amides is 1. The van der Waals surface area contributed by atoms with Crippen molar-refractivity contribution in [2.75, 3.05) is 0 Å². The van der Waals surface area contributed by atoms with Crippen molar-refractivity contribution in [1.29, 1.82) is 0 Å². The number of nitrogens with two attached hydrogens (primary N) is 1. The van der Waals surface area contributed by atoms with Crippen LogP contribution in [-0.2, 0) is 0 Å². The molecular weight excluding hydrogens is 270 g/mol. The Labute approximate surface area is 119 Å². The van der Waals surface area contributed by atoms with Crippen molar-refractivity contribution in [2.24, 2.45) is 5.73 Å². The molecule has 0 spiro atoms. The van der Waals surface area contributed by atoms with Crippen molar-refractivity contribution < 1.29 is 14.4 Å². The van der Waals surface area contributed by atoms with E-state index in [-0.39, 0.29) is 5.56 Å². The molecule has 0 saturated carbocycles. The number of carbonyl (C=O) groups is 2. The minimum Gasteiger partial charge on any atom is -0.366 e. The summed E-state index contributed by atoms with van der Waals surface area (Å²) in [5.41, 5.74) is 6.37. The standard InChI is InChI=1S/C15H11N3O3/c16-14(19)12-8-4-7-11-9-18(17-13(11)12)21-15(20)10-5-2-1-3-6-10/h1-9H,(H2,16,19). The van der Waals surface area contributed by atoms with Crippen LogP contribution in [0.5, 0.6) is 0 Å². The summed E-state index contributed by atoms with van der Waals surface area (Å²) < 4.78 is 0. The summed E-state index contributed by atoms with van der Waals surface area (Å²) >= 11 is 0. The number of hydrogen-bond acceptors (Lipinski definition) is 4. The van der Waals surface area contributed by atoms with Crippen molar-refractivity contribution in [3.8, 4) is 0 Å². The molecule has 0 radical (unpaired) electrons. The first-order chi connectivity index (χ1) is 10.1. The fourth-order valence-corrected chi connectivity index (χ4v) is 1.98. The van der Waals surface area contributed by atoms with Crippen LogP contribution in [0.1, 0.15) is 20.7 Å². The van der Waals surface area contributed by atoms with Crippen LogP contribution < -0.4 is 10.6 Å². The first-order valence-electron chi connectivity index (χ1n) is 6.21. The van der Waals surface area contributed by atoms with E-state index in [0.29, 0.717) is 16.5 Å². The molecule has 0 fully saturated rings. The number of carbonyl (C=O) groups excluding carboxylic acids is 2. The monoisotopic (exact) mass is 281 g/mol. The molecule has 1 aromatic heterocycles. The maximum atomic E-state index is 11.9. The topological polar surface area (TPSA) is 87.2 Å². The van der Waals surface area contributed by atoms with Gasteiger partial charge in [-0.05, 0) is 18.2 Å². The highest BCUT2D eigenvalue weighted by molar-refractivity contribution is 6.04. The molecule has 0 unspecified atom stereocenters. The molecule has 0 aliphatic heterocycles. The quantitative estimate of drug-likeness (QED) is 0.786. The van der Waals surface area contributed by atoms with Crippen LogP contribution >= 0.6 is 0 Å². The van der Waals surface area contributed by atoms with Gasteiger partial charge in [0, 0.05) is 5.39 Å². The first kappa shape index (κ1) is 12.9. The molecule has 1 heterocycles. The number of rotatable bonds is 3. The third-order valence-corrected chi connectivity index (χ3v) is 2.97. The van der Waals surface area contributed by atoms with Gasteiger partial charge in [-0.1, -0.05) is 35.2 Å². The summed E-state index contributed by atoms with van der Waals surface area (Å²) in [6.07, 6.45) is 1.52. The Hall–Kier alpha value is -3.15. The fraction of sp³-hybridized carbons (Fsp3) is 0. The first-order valence-corrected chi connectivity index (χ1v) is 6.21. The minimum atomic E-state index is -0.583. The molecule has 0 aliphatic carbocycles. The molecule has 0 atom stereocenters. The zero-order chi connectivity index (χ0) is 14.8. The third kappa shape index (κ3) is 2.46. The summed E-state index contributed by atoms with van der Waals surface area (Å²) in [5.74, 6) is -1.12. The summed E-state index contributed by atoms with van der Waals surface area (Å²) in [4.78, 5) is 29.4. The van der Waals surface area contributed by atoms with Gasteiger partial charge in [0.1, 0.15) is 5.52 Å². The average molecular weight is 281 g/mol. The lowest BCUT2D eigenvalue weighted by atomic mass is 10.1. The predicted octanol–water partition coefficient (Wildman–Crippen LogP) is 1.40. The fourth-order valence-electron chi connectivity index (χ4n) is 1.98. The SMILES string of the molecule is NC(=O)c1cccc2cn(OC(=O)c3ccccc3)nc12. The third-order valence-electron chi connectivity index (χ3n) is 2.97. The summed E-state index contributed by atoms with van der Waals surface area (Å²) in [6.45, 7) is 0. The van der Waals surface area contributed by atoms with E-state index in [2.05, 4.69) is 5.10 Å². The van der Waals surface area contributed by atoms with Crippen molar-refractivity contribution in [2.45, 2.75) is 0 Å². The molecule has 0 aliphatic rings. The molecule has 2 N–H and O–H groups in total. The van der Waals surface area contributed by atoms with Crippen molar-refractivity contribution in [3.63, 3.8) is 0 Å². The molecule has 104 valence electrons. The van der Waals surface area contributed by atoms with Gasteiger partial charge < -0.3 is 10.6 Å². The molecule has 0 bridgehead atoms. The average Bonchev–Trinajstić information content (AvgIpc) is 2.89. The van der Waals surface area contributed by atoms with Gasteiger partial charge in [0.15, 0.2) is 0 Å². The zero-order valence-corrected chi connectivity index (χ0v) is 10.9. The van der Waals surface area contributed by atoms with Gasteiger partial charge in [-0.15, -0.1) is 5.10 Å². The van der Waals surface area contributed by atoms with Gasteiger partial charge in [-0.2, -0.15) is 0 Å². The normalized spacial score (nSPS) is 10.5. The van der Waals surface area contributed by atoms with Crippen LogP contribution in [0.15, 0.2) is 54.7 Å². The van der Waals surface area contributed by atoms with E-state index in [4.69, 9.17) is 10.6 Å². The van der Waals surface area contributed by atoms with E-state index in [1.165, 1.54) is 6.20 Å².